The van der Waals surface area contributed by atoms with Crippen LogP contribution in [0.3, 0.4) is 0 Å². The summed E-state index contributed by atoms with van der Waals surface area (Å²) in [5.74, 6) is -0.363. The molecule has 0 atom stereocenters. The molecule has 0 spiro atoms. The maximum Gasteiger partial charge on any atom is 0.312 e. The number of anilines is 1. The molecule has 1 aromatic heterocycles. The molecule has 0 unspecified atom stereocenters. The van der Waals surface area contributed by atoms with Gasteiger partial charge >= 0.3 is 6.03 Å². The third-order valence-electron chi connectivity index (χ3n) is 4.60. The number of nitrogens with zero attached hydrogens (tertiary/aromatic N) is 1. The van der Waals surface area contributed by atoms with Crippen LogP contribution in [0.2, 0.25) is 0 Å². The number of carbonyl (C=O) groups is 2. The second-order valence-electron chi connectivity index (χ2n) is 7.59. The largest absolute Gasteiger partial charge is 0.352 e. The van der Waals surface area contributed by atoms with Crippen molar-refractivity contribution in [3.05, 3.63) is 71.4 Å². The van der Waals surface area contributed by atoms with Crippen LogP contribution in [-0.4, -0.2) is 32.6 Å². The van der Waals surface area contributed by atoms with E-state index < -0.39 is 17.0 Å². The number of amides is 3. The molecule has 0 saturated heterocycles. The van der Waals surface area contributed by atoms with Gasteiger partial charge in [0.25, 0.3) is 0 Å². The molecular formula is C23H31FN6O4S2. The Morgan fingerprint density at radius 1 is 1.03 bits per heavy atom. The van der Waals surface area contributed by atoms with Crippen LogP contribution in [0.1, 0.15) is 31.2 Å². The Morgan fingerprint density at radius 2 is 1.72 bits per heavy atom. The minimum atomic E-state index is -3.13. The van der Waals surface area contributed by atoms with Crippen LogP contribution in [0.4, 0.5) is 14.3 Å². The minimum Gasteiger partial charge on any atom is -0.352 e. The third-order valence-corrected chi connectivity index (χ3v) is 5.98. The number of aromatic nitrogens is 1. The number of hydrogen-bond donors (Lipinski definition) is 7. The molecule has 196 valence electrons. The lowest BCUT2D eigenvalue weighted by Gasteiger charge is -2.26. The number of primary amides is 1. The van der Waals surface area contributed by atoms with E-state index in [9.17, 15) is 14.0 Å². The molecule has 0 fully saturated rings. The first-order chi connectivity index (χ1) is 17.1. The van der Waals surface area contributed by atoms with Gasteiger partial charge < -0.3 is 16.4 Å². The van der Waals surface area contributed by atoms with Gasteiger partial charge in [0, 0.05) is 30.5 Å². The summed E-state index contributed by atoms with van der Waals surface area (Å²) in [7, 11) is -3.13. The molecular weight excluding hydrogens is 507 g/mol. The highest BCUT2D eigenvalue weighted by Gasteiger charge is 2.08. The Hall–Kier alpha value is -3.07. The molecule has 3 aromatic rings. The number of unbranched alkanes of at least 4 members (excludes halogenated alkanes) is 2. The number of rotatable bonds is 11. The lowest BCUT2D eigenvalue weighted by Crippen LogP contribution is -2.28. The minimum absolute atomic E-state index is 0.0694. The molecule has 10 nitrogen and oxygen atoms in total. The first kappa shape index (κ1) is 29.2. The van der Waals surface area contributed by atoms with Gasteiger partial charge in [-0.15, -0.1) is 11.3 Å². The average Bonchev–Trinajstić information content (AvgIpc) is 3.29. The summed E-state index contributed by atoms with van der Waals surface area (Å²) in [6.45, 7) is 0.739. The Morgan fingerprint density at radius 3 is 2.36 bits per heavy atom. The molecule has 0 saturated carbocycles. The van der Waals surface area contributed by atoms with E-state index in [0.29, 0.717) is 31.1 Å². The lowest BCUT2D eigenvalue weighted by molar-refractivity contribution is -0.116. The fourth-order valence-electron chi connectivity index (χ4n) is 2.86. The van der Waals surface area contributed by atoms with Crippen molar-refractivity contribution in [2.24, 2.45) is 10.9 Å². The van der Waals surface area contributed by atoms with Crippen molar-refractivity contribution in [2.75, 3.05) is 11.9 Å². The zero-order valence-electron chi connectivity index (χ0n) is 19.5. The van der Waals surface area contributed by atoms with Crippen molar-refractivity contribution < 1.29 is 23.1 Å². The van der Waals surface area contributed by atoms with Gasteiger partial charge in [0.15, 0.2) is 5.13 Å². The van der Waals surface area contributed by atoms with Crippen molar-refractivity contribution in [3.8, 4) is 11.3 Å². The van der Waals surface area contributed by atoms with E-state index in [1.54, 1.807) is 12.1 Å². The zero-order chi connectivity index (χ0) is 26.4. The first-order valence-corrected chi connectivity index (χ1v) is 13.5. The molecule has 1 heterocycles. The lowest BCUT2D eigenvalue weighted by atomic mass is 10.2. The molecule has 0 aliphatic rings. The molecule has 3 amide bonds. The van der Waals surface area contributed by atoms with Crippen LogP contribution in [0, 0.1) is 5.82 Å². The third kappa shape index (κ3) is 12.6. The Kier molecular flexibility index (Phi) is 12.3. The molecule has 3 rings (SSSR count). The number of halogens is 1. The standard InChI is InChI=1S/C15H22N4O3S2.C8H9FN2O/c16-24(21,22)17-10-6-2-5-9-14(20)19-15-18-13(11-23-15)12-7-3-1-4-8-12;9-7-3-1-6(2-4-7)5-11-8(10)12/h1,3-4,7-8,11,17,21-22H,2,5-6,9-10,16H2,(H,18,19,20);1-4H,5H2,(H3,10,11,12). The van der Waals surface area contributed by atoms with E-state index in [4.69, 9.17) is 20.0 Å². The van der Waals surface area contributed by atoms with Crippen LogP contribution in [0.5, 0.6) is 0 Å². The van der Waals surface area contributed by atoms with Crippen molar-refractivity contribution >= 4 is 39.4 Å². The highest BCUT2D eigenvalue weighted by Crippen LogP contribution is 2.25. The monoisotopic (exact) mass is 538 g/mol. The topological polar surface area (TPSA) is 176 Å². The highest BCUT2D eigenvalue weighted by atomic mass is 32.3. The summed E-state index contributed by atoms with van der Waals surface area (Å²) in [6.07, 6.45) is 2.63. The van der Waals surface area contributed by atoms with E-state index in [-0.39, 0.29) is 11.7 Å². The Labute approximate surface area is 214 Å². The first-order valence-electron chi connectivity index (χ1n) is 11.0. The summed E-state index contributed by atoms with van der Waals surface area (Å²) in [5.41, 5.74) is 7.53. The van der Waals surface area contributed by atoms with Crippen LogP contribution >= 0.6 is 22.3 Å². The van der Waals surface area contributed by atoms with Crippen molar-refractivity contribution in [3.63, 3.8) is 0 Å². The molecule has 9 N–H and O–H groups in total. The summed E-state index contributed by atoms with van der Waals surface area (Å²) >= 11 is 1.40. The average molecular weight is 539 g/mol. The molecule has 2 aromatic carbocycles. The van der Waals surface area contributed by atoms with Crippen LogP contribution in [0.25, 0.3) is 11.3 Å². The molecule has 36 heavy (non-hydrogen) atoms. The number of nitrogens with one attached hydrogen (secondary N) is 3. The van der Waals surface area contributed by atoms with Gasteiger partial charge in [-0.25, -0.2) is 24.0 Å². The van der Waals surface area contributed by atoms with Crippen molar-refractivity contribution in [1.29, 1.82) is 0 Å². The Balaban J connectivity index is 0.000000319. The van der Waals surface area contributed by atoms with Gasteiger partial charge in [0.05, 0.1) is 5.69 Å². The molecule has 0 aliphatic heterocycles. The van der Waals surface area contributed by atoms with Crippen LogP contribution < -0.4 is 26.2 Å². The Bertz CT molecular complexity index is 1080. The van der Waals surface area contributed by atoms with E-state index >= 15 is 0 Å². The van der Waals surface area contributed by atoms with Crippen LogP contribution in [0.15, 0.2) is 60.0 Å². The van der Waals surface area contributed by atoms with Gasteiger partial charge in [-0.05, 0) is 30.5 Å². The van der Waals surface area contributed by atoms with Gasteiger partial charge in [0.1, 0.15) is 5.82 Å². The normalized spacial score (nSPS) is 11.2. The second-order valence-corrected chi connectivity index (χ2v) is 9.93. The maximum atomic E-state index is 12.4. The number of carbonyl (C=O) groups excluding carboxylic acids is 2. The zero-order valence-corrected chi connectivity index (χ0v) is 21.2. The van der Waals surface area contributed by atoms with Gasteiger partial charge in [0.2, 0.25) is 5.91 Å². The SMILES string of the molecule is NC(=O)NCc1ccc(F)cc1.NS(O)(O)NCCCCCC(=O)Nc1nc(-c2ccccc2)cs1. The van der Waals surface area contributed by atoms with Gasteiger partial charge in [-0.3, -0.25) is 13.9 Å². The van der Waals surface area contributed by atoms with Crippen LogP contribution in [-0.2, 0) is 11.3 Å². The highest BCUT2D eigenvalue weighted by molar-refractivity contribution is 8.20. The molecule has 13 heteroatoms. The number of hydrogen-bond acceptors (Lipinski definition) is 8. The molecule has 0 radical (unpaired) electrons. The maximum absolute atomic E-state index is 12.4. The van der Waals surface area contributed by atoms with E-state index in [2.05, 4.69) is 20.3 Å². The summed E-state index contributed by atoms with van der Waals surface area (Å²) < 4.78 is 32.7. The van der Waals surface area contributed by atoms with Gasteiger partial charge in [-0.1, -0.05) is 59.8 Å². The molecule has 0 aliphatic carbocycles. The second kappa shape index (κ2) is 15.1. The molecule has 0 bridgehead atoms. The quantitative estimate of drug-likeness (QED) is 0.177. The van der Waals surface area contributed by atoms with Crippen molar-refractivity contribution in [1.82, 2.24) is 15.0 Å². The van der Waals surface area contributed by atoms with E-state index in [0.717, 1.165) is 29.7 Å². The van der Waals surface area contributed by atoms with Gasteiger partial charge in [-0.2, -0.15) is 0 Å². The number of urea groups is 1. The summed E-state index contributed by atoms with van der Waals surface area (Å²) in [6, 6.07) is 15.1. The predicted molar refractivity (Wildman–Crippen MR) is 143 cm³/mol. The number of nitrogens with two attached hydrogens (primary N) is 2. The number of benzene rings is 2. The van der Waals surface area contributed by atoms with Crippen molar-refractivity contribution in [2.45, 2.75) is 32.2 Å². The fraction of sp³-hybridized carbons (Fsp3) is 0.261. The number of thiazole rings is 1. The van der Waals surface area contributed by atoms with E-state index in [1.165, 1.54) is 23.5 Å². The summed E-state index contributed by atoms with van der Waals surface area (Å²) in [4.78, 5) is 26.6. The van der Waals surface area contributed by atoms with E-state index in [1.807, 2.05) is 35.7 Å². The summed E-state index contributed by atoms with van der Waals surface area (Å²) in [5, 5.41) is 12.8. The smallest absolute Gasteiger partial charge is 0.312 e. The predicted octanol–water partition coefficient (Wildman–Crippen LogP) is 4.43. The fourth-order valence-corrected chi connectivity index (χ4v) is 4.04.